The quantitative estimate of drug-likeness (QED) is 0.939. The van der Waals surface area contributed by atoms with Gasteiger partial charge in [-0.15, -0.1) is 0 Å². The molecule has 0 fully saturated rings. The monoisotopic (exact) mass is 332 g/mol. The Bertz CT molecular complexity index is 759. The van der Waals surface area contributed by atoms with E-state index >= 15 is 0 Å². The van der Waals surface area contributed by atoms with Crippen molar-refractivity contribution in [2.75, 3.05) is 18.0 Å². The van der Waals surface area contributed by atoms with Gasteiger partial charge in [0.05, 0.1) is 17.1 Å². The third kappa shape index (κ3) is 3.05. The van der Waals surface area contributed by atoms with E-state index in [-0.39, 0.29) is 23.0 Å². The summed E-state index contributed by atoms with van der Waals surface area (Å²) < 4.78 is 13.7. The molecule has 0 radical (unpaired) electrons. The largest absolute Gasteiger partial charge is 0.343 e. The van der Waals surface area contributed by atoms with E-state index in [4.69, 9.17) is 11.6 Å². The molecule has 0 aromatic heterocycles. The van der Waals surface area contributed by atoms with Crippen LogP contribution in [0.2, 0.25) is 5.02 Å². The van der Waals surface area contributed by atoms with Crippen LogP contribution >= 0.6 is 11.6 Å². The number of nitrogens with one attached hydrogen (secondary N) is 1. The normalized spacial score (nSPS) is 12.9. The summed E-state index contributed by atoms with van der Waals surface area (Å²) in [5.74, 6) is -1.65. The number of carbonyl (C=O) groups is 2. The number of hydrogen-bond acceptors (Lipinski definition) is 2. The minimum atomic E-state index is -0.714. The zero-order valence-corrected chi connectivity index (χ0v) is 12.9. The Hall–Kier alpha value is -2.40. The number of halogens is 2. The molecular formula is C17H14ClFN2O2. The molecule has 1 aliphatic rings. The summed E-state index contributed by atoms with van der Waals surface area (Å²) in [7, 11) is 0. The first-order valence-corrected chi connectivity index (χ1v) is 7.56. The van der Waals surface area contributed by atoms with E-state index in [9.17, 15) is 14.0 Å². The van der Waals surface area contributed by atoms with Crippen molar-refractivity contribution >= 4 is 29.1 Å². The van der Waals surface area contributed by atoms with Gasteiger partial charge in [0.1, 0.15) is 5.82 Å². The summed E-state index contributed by atoms with van der Waals surface area (Å²) in [6.07, 6.45) is 0.787. The lowest BCUT2D eigenvalue weighted by Crippen LogP contribution is -2.39. The highest BCUT2D eigenvalue weighted by Crippen LogP contribution is 2.27. The topological polar surface area (TPSA) is 49.4 Å². The van der Waals surface area contributed by atoms with E-state index < -0.39 is 11.7 Å². The van der Waals surface area contributed by atoms with Gasteiger partial charge in [-0.25, -0.2) is 4.39 Å². The Morgan fingerprint density at radius 2 is 1.96 bits per heavy atom. The maximum absolute atomic E-state index is 13.7. The van der Waals surface area contributed by atoms with Crippen LogP contribution < -0.4 is 10.2 Å². The van der Waals surface area contributed by atoms with Crippen LogP contribution in [0.15, 0.2) is 42.5 Å². The molecule has 2 aromatic carbocycles. The number of carbonyl (C=O) groups excluding carboxylic acids is 2. The standard InChI is InChI=1S/C17H14ClFN2O2/c18-12-5-3-6-13(19)16(12)17(23)20-10-15(22)21-9-8-11-4-1-2-7-14(11)21/h1-7H,8-10H2,(H,20,23). The van der Waals surface area contributed by atoms with Gasteiger partial charge in [0, 0.05) is 12.2 Å². The number of fused-ring (bicyclic) bond motifs is 1. The molecule has 4 nitrogen and oxygen atoms in total. The predicted octanol–water partition coefficient (Wildman–Crippen LogP) is 2.80. The highest BCUT2D eigenvalue weighted by Gasteiger charge is 2.25. The van der Waals surface area contributed by atoms with Crippen LogP contribution in [-0.2, 0) is 11.2 Å². The molecule has 23 heavy (non-hydrogen) atoms. The van der Waals surface area contributed by atoms with Crippen molar-refractivity contribution in [1.29, 1.82) is 0 Å². The molecule has 0 atom stereocenters. The minimum Gasteiger partial charge on any atom is -0.343 e. The summed E-state index contributed by atoms with van der Waals surface area (Å²) >= 11 is 5.84. The second-order valence-electron chi connectivity index (χ2n) is 5.20. The van der Waals surface area contributed by atoms with Crippen LogP contribution in [-0.4, -0.2) is 24.9 Å². The van der Waals surface area contributed by atoms with Crippen LogP contribution in [0, 0.1) is 5.82 Å². The van der Waals surface area contributed by atoms with Gasteiger partial charge >= 0.3 is 0 Å². The smallest absolute Gasteiger partial charge is 0.256 e. The number of para-hydroxylation sites is 1. The fourth-order valence-electron chi connectivity index (χ4n) is 2.65. The second-order valence-corrected chi connectivity index (χ2v) is 5.61. The Labute approximate surface area is 137 Å². The number of amides is 2. The number of rotatable bonds is 3. The Morgan fingerprint density at radius 1 is 1.17 bits per heavy atom. The van der Waals surface area contributed by atoms with Crippen LogP contribution in [0.5, 0.6) is 0 Å². The van der Waals surface area contributed by atoms with Crippen LogP contribution in [0.4, 0.5) is 10.1 Å². The van der Waals surface area contributed by atoms with Crippen LogP contribution in [0.3, 0.4) is 0 Å². The fourth-order valence-corrected chi connectivity index (χ4v) is 2.90. The molecule has 0 bridgehead atoms. The lowest BCUT2D eigenvalue weighted by Gasteiger charge is -2.17. The summed E-state index contributed by atoms with van der Waals surface area (Å²) in [6.45, 7) is 0.367. The number of anilines is 1. The van der Waals surface area contributed by atoms with Crippen molar-refractivity contribution < 1.29 is 14.0 Å². The molecule has 1 heterocycles. The summed E-state index contributed by atoms with van der Waals surface area (Å²) in [5, 5.41) is 2.45. The van der Waals surface area contributed by atoms with E-state index in [2.05, 4.69) is 5.32 Å². The molecule has 1 aliphatic heterocycles. The van der Waals surface area contributed by atoms with Gasteiger partial charge in [0.15, 0.2) is 0 Å². The maximum Gasteiger partial charge on any atom is 0.256 e. The van der Waals surface area contributed by atoms with Gasteiger partial charge in [0.2, 0.25) is 5.91 Å². The zero-order valence-electron chi connectivity index (χ0n) is 12.2. The molecule has 1 N–H and O–H groups in total. The van der Waals surface area contributed by atoms with E-state index in [1.165, 1.54) is 12.1 Å². The van der Waals surface area contributed by atoms with Gasteiger partial charge in [-0.2, -0.15) is 0 Å². The Kier molecular flexibility index (Phi) is 4.30. The summed E-state index contributed by atoms with van der Waals surface area (Å²) in [6, 6.07) is 11.6. The average molecular weight is 333 g/mol. The van der Waals surface area contributed by atoms with Crippen molar-refractivity contribution in [2.45, 2.75) is 6.42 Å². The third-order valence-corrected chi connectivity index (χ3v) is 4.09. The molecule has 2 aromatic rings. The van der Waals surface area contributed by atoms with Crippen molar-refractivity contribution in [2.24, 2.45) is 0 Å². The first-order valence-electron chi connectivity index (χ1n) is 7.18. The van der Waals surface area contributed by atoms with Crippen molar-refractivity contribution in [3.8, 4) is 0 Å². The van der Waals surface area contributed by atoms with Gasteiger partial charge in [0.25, 0.3) is 5.91 Å². The molecular weight excluding hydrogens is 319 g/mol. The van der Waals surface area contributed by atoms with E-state index in [1.807, 2.05) is 24.3 Å². The molecule has 0 unspecified atom stereocenters. The molecule has 2 amide bonds. The van der Waals surface area contributed by atoms with Crippen molar-refractivity contribution in [1.82, 2.24) is 5.32 Å². The molecule has 118 valence electrons. The maximum atomic E-state index is 13.7. The molecule has 0 saturated carbocycles. The lowest BCUT2D eigenvalue weighted by molar-refractivity contribution is -0.117. The van der Waals surface area contributed by atoms with Gasteiger partial charge in [-0.1, -0.05) is 35.9 Å². The summed E-state index contributed by atoms with van der Waals surface area (Å²) in [4.78, 5) is 26.0. The van der Waals surface area contributed by atoms with Gasteiger partial charge < -0.3 is 10.2 Å². The molecule has 6 heteroatoms. The first kappa shape index (κ1) is 15.5. The average Bonchev–Trinajstić information content (AvgIpc) is 2.96. The zero-order chi connectivity index (χ0) is 16.4. The molecule has 0 spiro atoms. The van der Waals surface area contributed by atoms with Crippen LogP contribution in [0.25, 0.3) is 0 Å². The van der Waals surface area contributed by atoms with Crippen molar-refractivity contribution in [3.63, 3.8) is 0 Å². The highest BCUT2D eigenvalue weighted by atomic mass is 35.5. The molecule has 3 rings (SSSR count). The summed E-state index contributed by atoms with van der Waals surface area (Å²) in [5.41, 5.74) is 1.71. The SMILES string of the molecule is O=C(NCC(=O)N1CCc2ccccc21)c1c(F)cccc1Cl. The predicted molar refractivity (Wildman–Crippen MR) is 86.2 cm³/mol. The highest BCUT2D eigenvalue weighted by molar-refractivity contribution is 6.33. The van der Waals surface area contributed by atoms with E-state index in [0.29, 0.717) is 6.54 Å². The van der Waals surface area contributed by atoms with Gasteiger partial charge in [-0.05, 0) is 30.2 Å². The first-order chi connectivity index (χ1) is 11.1. The third-order valence-electron chi connectivity index (χ3n) is 3.78. The second kappa shape index (κ2) is 6.38. The van der Waals surface area contributed by atoms with E-state index in [0.717, 1.165) is 23.7 Å². The number of benzene rings is 2. The van der Waals surface area contributed by atoms with Crippen LogP contribution in [0.1, 0.15) is 15.9 Å². The number of hydrogen-bond donors (Lipinski definition) is 1. The number of nitrogens with zero attached hydrogens (tertiary/aromatic N) is 1. The minimum absolute atomic E-state index is 0.0152. The van der Waals surface area contributed by atoms with Crippen molar-refractivity contribution in [3.05, 3.63) is 64.4 Å². The fraction of sp³-hybridized carbons (Fsp3) is 0.176. The molecule has 0 saturated heterocycles. The molecule has 0 aliphatic carbocycles. The Morgan fingerprint density at radius 3 is 2.74 bits per heavy atom. The van der Waals surface area contributed by atoms with E-state index in [1.54, 1.807) is 4.90 Å². The lowest BCUT2D eigenvalue weighted by atomic mass is 10.2. The van der Waals surface area contributed by atoms with Gasteiger partial charge in [-0.3, -0.25) is 9.59 Å². The Balaban J connectivity index is 1.67.